The van der Waals surface area contributed by atoms with Gasteiger partial charge in [-0.2, -0.15) is 0 Å². The first-order valence-corrected chi connectivity index (χ1v) is 9.15. The van der Waals surface area contributed by atoms with E-state index in [-0.39, 0.29) is 11.4 Å². The van der Waals surface area contributed by atoms with E-state index in [9.17, 15) is 24.1 Å². The van der Waals surface area contributed by atoms with Gasteiger partial charge in [0.05, 0.1) is 16.5 Å². The highest BCUT2D eigenvalue weighted by molar-refractivity contribution is 5.93. The molecule has 0 unspecified atom stereocenters. The second-order valence-electron chi connectivity index (χ2n) is 6.64. The summed E-state index contributed by atoms with van der Waals surface area (Å²) in [6, 6.07) is 12.2. The van der Waals surface area contributed by atoms with Gasteiger partial charge in [0.2, 0.25) is 0 Å². The molecule has 2 aromatic carbocycles. The minimum atomic E-state index is -0.624. The van der Waals surface area contributed by atoms with Crippen molar-refractivity contribution in [1.82, 2.24) is 0 Å². The second kappa shape index (κ2) is 9.13. The molecule has 29 heavy (non-hydrogen) atoms. The van der Waals surface area contributed by atoms with Crippen LogP contribution >= 0.6 is 0 Å². The Morgan fingerprint density at radius 1 is 1.14 bits per heavy atom. The lowest BCUT2D eigenvalue weighted by Gasteiger charge is -2.32. The summed E-state index contributed by atoms with van der Waals surface area (Å²) in [5, 5.41) is 13.5. The summed E-state index contributed by atoms with van der Waals surface area (Å²) in [6.45, 7) is 0.426. The first-order chi connectivity index (χ1) is 14.0. The average molecular weight is 401 g/mol. The molecule has 0 bridgehead atoms. The largest absolute Gasteiger partial charge is 0.455 e. The van der Waals surface area contributed by atoms with Crippen molar-refractivity contribution in [2.75, 3.05) is 29.9 Å². The number of benzene rings is 2. The summed E-state index contributed by atoms with van der Waals surface area (Å²) >= 11 is 0. The highest BCUT2D eigenvalue weighted by atomic mass is 19.1. The number of nitrogens with one attached hydrogen (secondary N) is 1. The van der Waals surface area contributed by atoms with Gasteiger partial charge in [0, 0.05) is 19.2 Å². The third-order valence-electron chi connectivity index (χ3n) is 4.74. The summed E-state index contributed by atoms with van der Waals surface area (Å²) in [5.74, 6) is -2.10. The highest BCUT2D eigenvalue weighted by Crippen LogP contribution is 2.31. The SMILES string of the molecule is O=C(COC(=O)C1CCN(c2ccccc2[N+](=O)[O-])CC1)Nc1ccccc1F. The van der Waals surface area contributed by atoms with E-state index >= 15 is 0 Å². The monoisotopic (exact) mass is 401 g/mol. The van der Waals surface area contributed by atoms with Crippen LogP contribution in [0, 0.1) is 21.8 Å². The quantitative estimate of drug-likeness (QED) is 0.453. The van der Waals surface area contributed by atoms with Crippen LogP contribution in [0.1, 0.15) is 12.8 Å². The van der Waals surface area contributed by atoms with Crippen molar-refractivity contribution in [3.05, 3.63) is 64.5 Å². The Kier molecular flexibility index (Phi) is 6.38. The molecule has 8 nitrogen and oxygen atoms in total. The van der Waals surface area contributed by atoms with Crippen LogP contribution < -0.4 is 10.2 Å². The van der Waals surface area contributed by atoms with Crippen molar-refractivity contribution in [2.24, 2.45) is 5.92 Å². The normalized spacial score (nSPS) is 14.3. The zero-order chi connectivity index (χ0) is 20.8. The van der Waals surface area contributed by atoms with E-state index in [2.05, 4.69) is 5.32 Å². The minimum Gasteiger partial charge on any atom is -0.455 e. The summed E-state index contributed by atoms with van der Waals surface area (Å²) in [6.07, 6.45) is 0.916. The Balaban J connectivity index is 1.49. The number of rotatable bonds is 6. The molecule has 0 radical (unpaired) electrons. The van der Waals surface area contributed by atoms with Crippen molar-refractivity contribution in [3.63, 3.8) is 0 Å². The van der Waals surface area contributed by atoms with Crippen LogP contribution in [0.3, 0.4) is 0 Å². The van der Waals surface area contributed by atoms with Gasteiger partial charge in [-0.1, -0.05) is 24.3 Å². The van der Waals surface area contributed by atoms with Crippen molar-refractivity contribution >= 4 is 28.9 Å². The van der Waals surface area contributed by atoms with Crippen LogP contribution in [0.4, 0.5) is 21.5 Å². The molecular weight excluding hydrogens is 381 g/mol. The summed E-state index contributed by atoms with van der Waals surface area (Å²) in [4.78, 5) is 36.7. The minimum absolute atomic E-state index is 0.0197. The number of hydrogen-bond donors (Lipinski definition) is 1. The molecule has 0 aliphatic carbocycles. The lowest BCUT2D eigenvalue weighted by molar-refractivity contribution is -0.384. The first-order valence-electron chi connectivity index (χ1n) is 9.15. The zero-order valence-corrected chi connectivity index (χ0v) is 15.5. The average Bonchev–Trinajstić information content (AvgIpc) is 2.74. The molecule has 1 aliphatic rings. The number of piperidine rings is 1. The van der Waals surface area contributed by atoms with Gasteiger partial charge in [-0.05, 0) is 31.0 Å². The Labute approximate surface area is 166 Å². The van der Waals surface area contributed by atoms with Crippen LogP contribution in [-0.2, 0) is 14.3 Å². The molecule has 1 amide bonds. The van der Waals surface area contributed by atoms with Crippen LogP contribution in [0.5, 0.6) is 0 Å². The van der Waals surface area contributed by atoms with E-state index in [1.54, 1.807) is 24.3 Å². The number of nitrogens with zero attached hydrogens (tertiary/aromatic N) is 2. The van der Waals surface area contributed by atoms with Crippen LogP contribution in [0.25, 0.3) is 0 Å². The molecule has 3 rings (SSSR count). The Morgan fingerprint density at radius 2 is 1.79 bits per heavy atom. The molecule has 1 N–H and O–H groups in total. The molecular formula is C20H20FN3O5. The number of amides is 1. The summed E-state index contributed by atoms with van der Waals surface area (Å²) < 4.78 is 18.6. The topological polar surface area (TPSA) is 102 Å². The fraction of sp³-hybridized carbons (Fsp3) is 0.300. The number of carbonyl (C=O) groups is 2. The number of nitro groups is 1. The summed E-state index contributed by atoms with van der Waals surface area (Å²) in [7, 11) is 0. The van der Waals surface area contributed by atoms with Gasteiger partial charge in [0.1, 0.15) is 11.5 Å². The maximum absolute atomic E-state index is 13.5. The predicted octanol–water partition coefficient (Wildman–Crippen LogP) is 3.13. The van der Waals surface area contributed by atoms with E-state index in [1.807, 2.05) is 4.90 Å². The van der Waals surface area contributed by atoms with Gasteiger partial charge in [0.15, 0.2) is 6.61 Å². The molecule has 152 valence electrons. The second-order valence-corrected chi connectivity index (χ2v) is 6.64. The van der Waals surface area contributed by atoms with E-state index < -0.39 is 35.1 Å². The Morgan fingerprint density at radius 3 is 2.48 bits per heavy atom. The van der Waals surface area contributed by atoms with E-state index in [1.165, 1.54) is 24.3 Å². The van der Waals surface area contributed by atoms with Gasteiger partial charge in [-0.25, -0.2) is 4.39 Å². The number of halogens is 1. The van der Waals surface area contributed by atoms with Gasteiger partial charge >= 0.3 is 5.97 Å². The van der Waals surface area contributed by atoms with E-state index in [0.29, 0.717) is 31.6 Å². The fourth-order valence-corrected chi connectivity index (χ4v) is 3.25. The van der Waals surface area contributed by atoms with E-state index in [4.69, 9.17) is 4.74 Å². The van der Waals surface area contributed by atoms with Crippen LogP contribution in [0.15, 0.2) is 48.5 Å². The molecule has 0 aromatic heterocycles. The Bertz CT molecular complexity index is 912. The van der Waals surface area contributed by atoms with Crippen LogP contribution in [-0.4, -0.2) is 36.5 Å². The molecule has 0 spiro atoms. The number of ether oxygens (including phenoxy) is 1. The number of nitro benzene ring substituents is 1. The zero-order valence-electron chi connectivity index (χ0n) is 15.5. The highest BCUT2D eigenvalue weighted by Gasteiger charge is 2.29. The molecule has 2 aromatic rings. The first kappa shape index (κ1) is 20.2. The third-order valence-corrected chi connectivity index (χ3v) is 4.74. The number of carbonyl (C=O) groups excluding carboxylic acids is 2. The van der Waals surface area contributed by atoms with Gasteiger partial charge in [0.25, 0.3) is 11.6 Å². The van der Waals surface area contributed by atoms with Gasteiger partial charge < -0.3 is 15.0 Å². The molecule has 1 saturated heterocycles. The lowest BCUT2D eigenvalue weighted by atomic mass is 9.96. The molecule has 0 saturated carbocycles. The lowest BCUT2D eigenvalue weighted by Crippen LogP contribution is -2.37. The number of esters is 1. The van der Waals surface area contributed by atoms with Crippen molar-refractivity contribution < 1.29 is 23.6 Å². The number of anilines is 2. The molecule has 1 heterocycles. The maximum Gasteiger partial charge on any atom is 0.309 e. The van der Waals surface area contributed by atoms with Crippen LogP contribution in [0.2, 0.25) is 0 Å². The van der Waals surface area contributed by atoms with Gasteiger partial charge in [-0.3, -0.25) is 19.7 Å². The third kappa shape index (κ3) is 5.07. The molecule has 0 atom stereocenters. The van der Waals surface area contributed by atoms with Gasteiger partial charge in [-0.15, -0.1) is 0 Å². The Hall–Kier alpha value is -3.49. The van der Waals surface area contributed by atoms with Crippen molar-refractivity contribution in [2.45, 2.75) is 12.8 Å². The standard InChI is InChI=1S/C20H20FN3O5/c21-15-5-1-2-6-16(15)22-19(25)13-29-20(26)14-9-11-23(12-10-14)17-7-3-4-8-18(17)24(27)28/h1-8,14H,9-13H2,(H,22,25). The molecule has 1 aliphatic heterocycles. The van der Waals surface area contributed by atoms with E-state index in [0.717, 1.165) is 0 Å². The smallest absolute Gasteiger partial charge is 0.309 e. The maximum atomic E-state index is 13.5. The number of para-hydroxylation sites is 3. The number of hydrogen-bond acceptors (Lipinski definition) is 6. The van der Waals surface area contributed by atoms with Crippen molar-refractivity contribution in [3.8, 4) is 0 Å². The molecule has 1 fully saturated rings. The van der Waals surface area contributed by atoms with Crippen molar-refractivity contribution in [1.29, 1.82) is 0 Å². The molecule has 9 heteroatoms. The fourth-order valence-electron chi connectivity index (χ4n) is 3.25. The predicted molar refractivity (Wildman–Crippen MR) is 104 cm³/mol. The summed E-state index contributed by atoms with van der Waals surface area (Å²) in [5.41, 5.74) is 0.568.